The van der Waals surface area contributed by atoms with Crippen LogP contribution in [0.5, 0.6) is 0 Å². The average molecular weight is 289 g/mol. The SMILES string of the molecule is CCOC(=O)C(C(=O)OCC)C(NC(C)=O)C(=O)OC. The molecule has 0 fully saturated rings. The Morgan fingerprint density at radius 1 is 0.950 bits per heavy atom. The Balaban J connectivity index is 5.38. The zero-order valence-electron chi connectivity index (χ0n) is 11.9. The zero-order valence-corrected chi connectivity index (χ0v) is 11.9. The second-order valence-electron chi connectivity index (χ2n) is 3.68. The number of nitrogens with one attached hydrogen (secondary N) is 1. The highest BCUT2D eigenvalue weighted by Crippen LogP contribution is 2.12. The molecule has 0 saturated carbocycles. The lowest BCUT2D eigenvalue weighted by molar-refractivity contribution is -0.168. The van der Waals surface area contributed by atoms with Gasteiger partial charge in [-0.2, -0.15) is 0 Å². The summed E-state index contributed by atoms with van der Waals surface area (Å²) in [5.41, 5.74) is 0. The van der Waals surface area contributed by atoms with E-state index in [0.29, 0.717) is 0 Å². The molecule has 0 bridgehead atoms. The molecule has 0 aromatic heterocycles. The first-order chi connectivity index (χ1) is 9.38. The van der Waals surface area contributed by atoms with E-state index in [-0.39, 0.29) is 13.2 Å². The molecule has 0 aliphatic rings. The molecule has 0 heterocycles. The van der Waals surface area contributed by atoms with Crippen LogP contribution in [0.15, 0.2) is 0 Å². The van der Waals surface area contributed by atoms with Gasteiger partial charge in [0, 0.05) is 6.92 Å². The second-order valence-corrected chi connectivity index (χ2v) is 3.68. The summed E-state index contributed by atoms with van der Waals surface area (Å²) in [6, 6.07) is -1.49. The number of hydrogen-bond donors (Lipinski definition) is 1. The summed E-state index contributed by atoms with van der Waals surface area (Å²) in [7, 11) is 1.07. The molecule has 114 valence electrons. The number of carbonyl (C=O) groups is 4. The van der Waals surface area contributed by atoms with Gasteiger partial charge < -0.3 is 19.5 Å². The number of esters is 3. The smallest absolute Gasteiger partial charge is 0.329 e. The molecular formula is C12H19NO7. The first kappa shape index (κ1) is 17.9. The van der Waals surface area contributed by atoms with Gasteiger partial charge in [-0.25, -0.2) is 4.79 Å². The molecule has 0 aromatic carbocycles. The van der Waals surface area contributed by atoms with E-state index in [0.717, 1.165) is 14.0 Å². The van der Waals surface area contributed by atoms with Gasteiger partial charge in [-0.05, 0) is 13.8 Å². The van der Waals surface area contributed by atoms with Gasteiger partial charge in [0.05, 0.1) is 20.3 Å². The number of ether oxygens (including phenoxy) is 3. The molecule has 1 N–H and O–H groups in total. The van der Waals surface area contributed by atoms with Crippen LogP contribution in [0.25, 0.3) is 0 Å². The normalized spacial score (nSPS) is 11.4. The Hall–Kier alpha value is -2.12. The summed E-state index contributed by atoms with van der Waals surface area (Å²) < 4.78 is 13.9. The lowest BCUT2D eigenvalue weighted by Crippen LogP contribution is -2.52. The maximum Gasteiger partial charge on any atom is 0.329 e. The van der Waals surface area contributed by atoms with E-state index in [2.05, 4.69) is 10.1 Å². The fraction of sp³-hybridized carbons (Fsp3) is 0.667. The van der Waals surface area contributed by atoms with E-state index in [9.17, 15) is 19.2 Å². The van der Waals surface area contributed by atoms with Gasteiger partial charge in [-0.15, -0.1) is 0 Å². The van der Waals surface area contributed by atoms with Gasteiger partial charge in [0.15, 0.2) is 12.0 Å². The van der Waals surface area contributed by atoms with Crippen LogP contribution in [0.1, 0.15) is 20.8 Å². The number of methoxy groups -OCH3 is 1. The highest BCUT2D eigenvalue weighted by atomic mass is 16.6. The summed E-state index contributed by atoms with van der Waals surface area (Å²) in [5.74, 6) is -5.07. The molecule has 0 saturated heterocycles. The predicted molar refractivity (Wildman–Crippen MR) is 66.4 cm³/mol. The fourth-order valence-electron chi connectivity index (χ4n) is 1.46. The molecule has 1 amide bonds. The van der Waals surface area contributed by atoms with Crippen molar-refractivity contribution >= 4 is 23.8 Å². The first-order valence-electron chi connectivity index (χ1n) is 6.07. The zero-order chi connectivity index (χ0) is 15.7. The maximum absolute atomic E-state index is 11.8. The minimum Gasteiger partial charge on any atom is -0.467 e. The predicted octanol–water partition coefficient (Wildman–Crippen LogP) is -0.593. The van der Waals surface area contributed by atoms with Crippen LogP contribution in [-0.4, -0.2) is 50.2 Å². The molecule has 0 aromatic rings. The Labute approximate surface area is 116 Å². The first-order valence-corrected chi connectivity index (χ1v) is 6.07. The standard InChI is InChI=1S/C12H19NO7/c1-5-19-10(15)8(11(16)20-6-2)9(12(17)18-4)13-7(3)14/h8-9H,5-6H2,1-4H3,(H,13,14). The molecule has 1 atom stereocenters. The molecule has 0 aliphatic carbocycles. The van der Waals surface area contributed by atoms with Crippen molar-refractivity contribution in [1.82, 2.24) is 5.32 Å². The van der Waals surface area contributed by atoms with Gasteiger partial charge in [0.1, 0.15) is 0 Å². The molecule has 0 aliphatic heterocycles. The van der Waals surface area contributed by atoms with Crippen molar-refractivity contribution in [3.8, 4) is 0 Å². The summed E-state index contributed by atoms with van der Waals surface area (Å²) in [6.45, 7) is 4.27. The van der Waals surface area contributed by atoms with Crippen LogP contribution in [0.2, 0.25) is 0 Å². The van der Waals surface area contributed by atoms with Gasteiger partial charge >= 0.3 is 17.9 Å². The lowest BCUT2D eigenvalue weighted by Gasteiger charge is -2.22. The van der Waals surface area contributed by atoms with E-state index in [1.165, 1.54) is 0 Å². The van der Waals surface area contributed by atoms with Crippen LogP contribution in [0.4, 0.5) is 0 Å². The van der Waals surface area contributed by atoms with Crippen molar-refractivity contribution in [3.05, 3.63) is 0 Å². The second kappa shape index (κ2) is 8.89. The molecule has 8 nitrogen and oxygen atoms in total. The molecule has 1 unspecified atom stereocenters. The van der Waals surface area contributed by atoms with Crippen molar-refractivity contribution in [2.24, 2.45) is 5.92 Å². The molecule has 0 radical (unpaired) electrons. The van der Waals surface area contributed by atoms with Crippen molar-refractivity contribution in [3.63, 3.8) is 0 Å². The number of amides is 1. The minimum atomic E-state index is -1.61. The van der Waals surface area contributed by atoms with Gasteiger partial charge in [0.25, 0.3) is 0 Å². The number of hydrogen-bond acceptors (Lipinski definition) is 7. The number of rotatable bonds is 7. The largest absolute Gasteiger partial charge is 0.467 e. The van der Waals surface area contributed by atoms with Crippen LogP contribution in [-0.2, 0) is 33.4 Å². The topological polar surface area (TPSA) is 108 Å². The third kappa shape index (κ3) is 5.25. The Morgan fingerprint density at radius 2 is 1.40 bits per heavy atom. The van der Waals surface area contributed by atoms with Crippen LogP contribution in [0, 0.1) is 5.92 Å². The summed E-state index contributed by atoms with van der Waals surface area (Å²) in [6.07, 6.45) is 0. The van der Waals surface area contributed by atoms with Gasteiger partial charge in [-0.1, -0.05) is 0 Å². The van der Waals surface area contributed by atoms with Crippen molar-refractivity contribution in [2.75, 3.05) is 20.3 Å². The monoisotopic (exact) mass is 289 g/mol. The lowest BCUT2D eigenvalue weighted by atomic mass is 9.99. The van der Waals surface area contributed by atoms with Crippen LogP contribution < -0.4 is 5.32 Å². The maximum atomic E-state index is 11.8. The van der Waals surface area contributed by atoms with E-state index < -0.39 is 35.8 Å². The molecule has 0 spiro atoms. The highest BCUT2D eigenvalue weighted by Gasteiger charge is 2.43. The average Bonchev–Trinajstić information content (AvgIpc) is 2.37. The summed E-state index contributed by atoms with van der Waals surface area (Å²) in [4.78, 5) is 46.4. The van der Waals surface area contributed by atoms with Gasteiger partial charge in [0.2, 0.25) is 5.91 Å². The molecule has 0 rings (SSSR count). The quantitative estimate of drug-likeness (QED) is 0.379. The van der Waals surface area contributed by atoms with Crippen LogP contribution in [0.3, 0.4) is 0 Å². The Kier molecular flexibility index (Phi) is 7.95. The molecular weight excluding hydrogens is 270 g/mol. The highest BCUT2D eigenvalue weighted by molar-refractivity contribution is 6.01. The van der Waals surface area contributed by atoms with E-state index in [4.69, 9.17) is 9.47 Å². The Morgan fingerprint density at radius 3 is 1.70 bits per heavy atom. The summed E-state index contributed by atoms with van der Waals surface area (Å²) in [5, 5.41) is 2.19. The fourth-order valence-corrected chi connectivity index (χ4v) is 1.46. The van der Waals surface area contributed by atoms with Gasteiger partial charge in [-0.3, -0.25) is 14.4 Å². The van der Waals surface area contributed by atoms with Crippen molar-refractivity contribution in [2.45, 2.75) is 26.8 Å². The third-order valence-corrected chi connectivity index (χ3v) is 2.23. The van der Waals surface area contributed by atoms with Crippen molar-refractivity contribution < 1.29 is 33.4 Å². The van der Waals surface area contributed by atoms with Crippen LogP contribution >= 0.6 is 0 Å². The van der Waals surface area contributed by atoms with Crippen molar-refractivity contribution in [1.29, 1.82) is 0 Å². The number of carbonyl (C=O) groups excluding carboxylic acids is 4. The molecule has 20 heavy (non-hydrogen) atoms. The molecule has 8 heteroatoms. The van der Waals surface area contributed by atoms with E-state index in [1.54, 1.807) is 13.8 Å². The summed E-state index contributed by atoms with van der Waals surface area (Å²) >= 11 is 0. The minimum absolute atomic E-state index is 0.0166. The van der Waals surface area contributed by atoms with E-state index >= 15 is 0 Å². The van der Waals surface area contributed by atoms with E-state index in [1.807, 2.05) is 0 Å². The third-order valence-electron chi connectivity index (χ3n) is 2.23. The Bertz CT molecular complexity index is 362.